The molecule has 1 heterocycles. The van der Waals surface area contributed by atoms with Crippen LogP contribution in [0.15, 0.2) is 64.6 Å². The van der Waals surface area contributed by atoms with Crippen LogP contribution in [0.25, 0.3) is 0 Å². The molecule has 7 rings (SSSR count). The maximum atomic E-state index is 5.30. The molecule has 4 aliphatic carbocycles. The molecule has 0 spiro atoms. The zero-order chi connectivity index (χ0) is 31.0. The molecule has 0 saturated heterocycles. The summed E-state index contributed by atoms with van der Waals surface area (Å²) < 4.78 is 0. The quantitative estimate of drug-likeness (QED) is 0.254. The minimum atomic E-state index is 0. The van der Waals surface area contributed by atoms with Crippen molar-refractivity contribution in [3.8, 4) is 0 Å². The van der Waals surface area contributed by atoms with E-state index in [2.05, 4.69) is 54.6 Å². The number of hydrogen-bond acceptors (Lipinski definition) is 3. The van der Waals surface area contributed by atoms with Crippen molar-refractivity contribution in [2.45, 2.75) is 152 Å². The number of aromatic nitrogens is 1. The average Bonchev–Trinajstić information content (AvgIpc) is 3.14. The standard InChI is InChI=1S/C43H55N3.3ClH.Fe/c1-5-16-32(17-6-1)38-26-14-27-39(33-18-7-2-8-19-33)42(38)44-30-36-24-13-25-37(46-36)31-45-43-40(34-20-9-3-10-21-34)28-15-29-41(43)35-22-11-4-12-23-35;;;;/h13-15,24-35H,1-12,16-23H2;3*1H;/q;;;;+3/p-3. The Bertz CT molecular complexity index is 1320. The van der Waals surface area contributed by atoms with E-state index in [-0.39, 0.29) is 54.3 Å². The van der Waals surface area contributed by atoms with Gasteiger partial charge >= 0.3 is 17.1 Å². The SMILES string of the molecule is C(=Nc1c(C2CCCCC2)cccc1C1CCCCC1)c1cccc(C=Nc2c(C3CCCCC3)cccc2C2CCCCC2)n1.[Cl-].[Cl-].[Cl-].[Fe+3]. The predicted molar refractivity (Wildman–Crippen MR) is 195 cm³/mol. The van der Waals surface area contributed by atoms with Gasteiger partial charge in [-0.15, -0.1) is 0 Å². The largest absolute Gasteiger partial charge is 3.00 e. The van der Waals surface area contributed by atoms with E-state index in [1.807, 2.05) is 12.4 Å². The molecule has 0 N–H and O–H groups in total. The first-order valence-corrected chi connectivity index (χ1v) is 19.1. The Morgan fingerprint density at radius 2 is 0.660 bits per heavy atom. The van der Waals surface area contributed by atoms with Crippen LogP contribution in [0.1, 0.15) is 186 Å². The van der Waals surface area contributed by atoms with E-state index >= 15 is 0 Å². The normalized spacial score (nSPS) is 19.7. The summed E-state index contributed by atoms with van der Waals surface area (Å²) in [5.41, 5.74) is 10.3. The Labute approximate surface area is 331 Å². The van der Waals surface area contributed by atoms with Gasteiger partial charge < -0.3 is 37.2 Å². The maximum absolute atomic E-state index is 5.30. The predicted octanol–water partition coefficient (Wildman–Crippen LogP) is 3.78. The molecule has 1 radical (unpaired) electrons. The molecule has 0 unspecified atom stereocenters. The molecule has 1 aromatic heterocycles. The summed E-state index contributed by atoms with van der Waals surface area (Å²) in [5, 5.41) is 0. The van der Waals surface area contributed by atoms with Crippen LogP contribution in [0, 0.1) is 0 Å². The van der Waals surface area contributed by atoms with Gasteiger partial charge in [-0.1, -0.05) is 120 Å². The summed E-state index contributed by atoms with van der Waals surface area (Å²) >= 11 is 0. The molecule has 0 atom stereocenters. The van der Waals surface area contributed by atoms with Gasteiger partial charge in [-0.25, -0.2) is 4.98 Å². The second-order valence-corrected chi connectivity index (χ2v) is 14.9. The number of hydrogen-bond donors (Lipinski definition) is 0. The van der Waals surface area contributed by atoms with Crippen molar-refractivity contribution in [2.75, 3.05) is 0 Å². The van der Waals surface area contributed by atoms with Crippen molar-refractivity contribution in [2.24, 2.45) is 9.98 Å². The minimum absolute atomic E-state index is 0. The Morgan fingerprint density at radius 3 is 0.940 bits per heavy atom. The number of pyridine rings is 1. The molecule has 0 bridgehead atoms. The molecule has 4 fully saturated rings. The number of para-hydroxylation sites is 2. The van der Waals surface area contributed by atoms with Crippen molar-refractivity contribution in [1.82, 2.24) is 4.98 Å². The molecule has 0 amide bonds. The van der Waals surface area contributed by atoms with Gasteiger partial charge in [-0.2, -0.15) is 0 Å². The van der Waals surface area contributed by atoms with Gasteiger partial charge in [0.1, 0.15) is 0 Å². The van der Waals surface area contributed by atoms with Crippen molar-refractivity contribution in [3.05, 3.63) is 88.2 Å². The second-order valence-electron chi connectivity index (χ2n) is 14.9. The molecule has 4 saturated carbocycles. The molecular formula is C43H55Cl3FeN3. The third-order valence-electron chi connectivity index (χ3n) is 11.8. The molecule has 3 nitrogen and oxygen atoms in total. The second kappa shape index (κ2) is 21.8. The zero-order valence-electron chi connectivity index (χ0n) is 29.6. The van der Waals surface area contributed by atoms with Crippen LogP contribution in [0.3, 0.4) is 0 Å². The molecule has 50 heavy (non-hydrogen) atoms. The summed E-state index contributed by atoms with van der Waals surface area (Å²) in [6.45, 7) is 0. The summed E-state index contributed by atoms with van der Waals surface area (Å²) in [7, 11) is 0. The Kier molecular flexibility index (Phi) is 18.6. The third-order valence-corrected chi connectivity index (χ3v) is 11.8. The maximum Gasteiger partial charge on any atom is 3.00 e. The summed E-state index contributed by atoms with van der Waals surface area (Å²) in [6.07, 6.45) is 30.7. The first-order chi connectivity index (χ1) is 22.8. The van der Waals surface area contributed by atoms with E-state index in [0.717, 1.165) is 11.4 Å². The molecule has 2 aromatic carbocycles. The summed E-state index contributed by atoms with van der Waals surface area (Å²) in [5.74, 6) is 2.55. The van der Waals surface area contributed by atoms with Crippen LogP contribution in [0.2, 0.25) is 0 Å². The van der Waals surface area contributed by atoms with Crippen molar-refractivity contribution in [3.63, 3.8) is 0 Å². The first kappa shape index (κ1) is 42.7. The van der Waals surface area contributed by atoms with Gasteiger partial charge in [0.05, 0.1) is 35.2 Å². The van der Waals surface area contributed by atoms with Crippen LogP contribution in [0.4, 0.5) is 11.4 Å². The van der Waals surface area contributed by atoms with Gasteiger partial charge in [0.25, 0.3) is 0 Å². The van der Waals surface area contributed by atoms with Crippen molar-refractivity contribution < 1.29 is 54.3 Å². The molecule has 0 aliphatic heterocycles. The monoisotopic (exact) mass is 774 g/mol. The smallest absolute Gasteiger partial charge is 1.00 e. The summed E-state index contributed by atoms with van der Waals surface area (Å²) in [4.78, 5) is 15.7. The summed E-state index contributed by atoms with van der Waals surface area (Å²) in [6, 6.07) is 20.5. The first-order valence-electron chi connectivity index (χ1n) is 19.1. The fourth-order valence-corrected chi connectivity index (χ4v) is 9.30. The van der Waals surface area contributed by atoms with Crippen LogP contribution in [-0.2, 0) is 17.1 Å². The van der Waals surface area contributed by atoms with Crippen LogP contribution >= 0.6 is 0 Å². The Balaban J connectivity index is 0.00000169. The molecule has 7 heteroatoms. The van der Waals surface area contributed by atoms with E-state index in [1.54, 1.807) is 0 Å². The van der Waals surface area contributed by atoms with E-state index < -0.39 is 0 Å². The molecule has 3 aromatic rings. The fourth-order valence-electron chi connectivity index (χ4n) is 9.30. The van der Waals surface area contributed by atoms with Gasteiger partial charge in [0.2, 0.25) is 0 Å². The van der Waals surface area contributed by atoms with E-state index in [4.69, 9.17) is 15.0 Å². The van der Waals surface area contributed by atoms with Crippen molar-refractivity contribution in [1.29, 1.82) is 0 Å². The van der Waals surface area contributed by atoms with Gasteiger partial charge in [0, 0.05) is 0 Å². The van der Waals surface area contributed by atoms with Crippen molar-refractivity contribution >= 4 is 23.8 Å². The number of benzene rings is 2. The Hall–Kier alpha value is -1.68. The number of halogens is 3. The topological polar surface area (TPSA) is 37.6 Å². The molecular weight excluding hydrogens is 721 g/mol. The molecule has 271 valence electrons. The fraction of sp³-hybridized carbons (Fsp3) is 0.558. The van der Waals surface area contributed by atoms with Gasteiger partial charge in [-0.3, -0.25) is 9.98 Å². The Morgan fingerprint density at radius 1 is 0.400 bits per heavy atom. The van der Waals surface area contributed by atoms with Gasteiger partial charge in [0.15, 0.2) is 0 Å². The van der Waals surface area contributed by atoms with E-state index in [9.17, 15) is 0 Å². The number of nitrogens with zero attached hydrogens (tertiary/aromatic N) is 3. The van der Waals surface area contributed by atoms with Crippen LogP contribution in [0.5, 0.6) is 0 Å². The third kappa shape index (κ3) is 10.7. The average molecular weight is 776 g/mol. The van der Waals surface area contributed by atoms with Gasteiger partial charge in [-0.05, 0) is 109 Å². The zero-order valence-corrected chi connectivity index (χ0v) is 33.0. The minimum Gasteiger partial charge on any atom is -1.00 e. The molecule has 4 aliphatic rings. The van der Waals surface area contributed by atoms with E-state index in [1.165, 1.54) is 162 Å². The number of rotatable bonds is 8. The van der Waals surface area contributed by atoms with E-state index in [0.29, 0.717) is 23.7 Å². The van der Waals surface area contributed by atoms with Crippen LogP contribution < -0.4 is 37.2 Å². The van der Waals surface area contributed by atoms with Crippen LogP contribution in [-0.4, -0.2) is 17.4 Å². The number of aliphatic imine (C=N–C) groups is 2.